The third kappa shape index (κ3) is 4.92. The Labute approximate surface area is 246 Å². The number of nitriles is 1. The second-order valence-electron chi connectivity index (χ2n) is 10.5. The van der Waals surface area contributed by atoms with Crippen LogP contribution >= 0.6 is 11.8 Å². The summed E-state index contributed by atoms with van der Waals surface area (Å²) in [5.74, 6) is 2.05. The number of aromatic nitrogens is 4. The first-order valence-corrected chi connectivity index (χ1v) is 14.7. The van der Waals surface area contributed by atoms with Gasteiger partial charge in [0.1, 0.15) is 30.0 Å². The molecule has 3 aromatic heterocycles. The number of ether oxygens (including phenoxy) is 1. The van der Waals surface area contributed by atoms with Gasteiger partial charge >= 0.3 is 0 Å². The molecule has 1 saturated heterocycles. The van der Waals surface area contributed by atoms with Crippen LogP contribution in [0.4, 0.5) is 5.82 Å². The number of aryl methyl sites for hydroxylation is 3. The largest absolute Gasteiger partial charge is 0.387 e. The number of thioether (sulfide) groups is 1. The molecular weight excluding hydrogens is 552 g/mol. The molecule has 214 valence electrons. The fourth-order valence-electron chi connectivity index (χ4n) is 5.29. The SMILES string of the molecule is Cc1ccc(-c2onc(C)c2CSC[C@H]2O[C@@H](n3cc(-c4ccc(C#N)cc4)c4c(N)ncnc43)[C@H](O)[C@@H]2O)cc1C. The first-order chi connectivity index (χ1) is 20.3. The minimum absolute atomic E-state index is 0.280. The summed E-state index contributed by atoms with van der Waals surface area (Å²) in [7, 11) is 0. The molecule has 10 nitrogen and oxygen atoms in total. The van der Waals surface area contributed by atoms with Crippen LogP contribution in [-0.2, 0) is 10.5 Å². The van der Waals surface area contributed by atoms with Gasteiger partial charge < -0.3 is 29.8 Å². The number of hydrogen-bond acceptors (Lipinski definition) is 10. The fraction of sp³-hybridized carbons (Fsp3) is 0.290. The Balaban J connectivity index is 1.22. The summed E-state index contributed by atoms with van der Waals surface area (Å²) in [5, 5.41) is 36.0. The van der Waals surface area contributed by atoms with Gasteiger partial charge in [0.2, 0.25) is 0 Å². The highest BCUT2D eigenvalue weighted by molar-refractivity contribution is 7.98. The number of fused-ring (bicyclic) bond motifs is 1. The van der Waals surface area contributed by atoms with E-state index < -0.39 is 24.5 Å². The van der Waals surface area contributed by atoms with E-state index >= 15 is 0 Å². The molecule has 0 amide bonds. The topological polar surface area (TPSA) is 156 Å². The maximum Gasteiger partial charge on any atom is 0.171 e. The fourth-order valence-corrected chi connectivity index (χ4v) is 6.46. The highest BCUT2D eigenvalue weighted by atomic mass is 32.2. The summed E-state index contributed by atoms with van der Waals surface area (Å²) in [4.78, 5) is 8.59. The number of nitrogen functional groups attached to an aromatic ring is 1. The second kappa shape index (κ2) is 11.2. The molecule has 0 saturated carbocycles. The maximum atomic E-state index is 11.1. The van der Waals surface area contributed by atoms with Gasteiger partial charge in [-0.15, -0.1) is 0 Å². The van der Waals surface area contributed by atoms with Crippen molar-refractivity contribution in [2.24, 2.45) is 0 Å². The van der Waals surface area contributed by atoms with Crippen LogP contribution in [0.5, 0.6) is 0 Å². The van der Waals surface area contributed by atoms with Crippen LogP contribution in [0.15, 0.2) is 59.5 Å². The van der Waals surface area contributed by atoms with Crippen molar-refractivity contribution in [3.8, 4) is 28.5 Å². The van der Waals surface area contributed by atoms with Crippen LogP contribution in [0.2, 0.25) is 0 Å². The van der Waals surface area contributed by atoms with Crippen LogP contribution in [0.1, 0.15) is 34.2 Å². The number of rotatable bonds is 7. The molecule has 0 bridgehead atoms. The molecule has 0 radical (unpaired) electrons. The molecular formula is C31H30N6O4S. The van der Waals surface area contributed by atoms with E-state index in [4.69, 9.17) is 15.0 Å². The molecule has 0 spiro atoms. The van der Waals surface area contributed by atoms with Crippen LogP contribution in [0.3, 0.4) is 0 Å². The predicted molar refractivity (Wildman–Crippen MR) is 160 cm³/mol. The first kappa shape index (κ1) is 27.9. The van der Waals surface area contributed by atoms with Gasteiger partial charge in [0.05, 0.1) is 28.8 Å². The molecule has 11 heteroatoms. The first-order valence-electron chi connectivity index (χ1n) is 13.5. The Morgan fingerprint density at radius 1 is 1.02 bits per heavy atom. The van der Waals surface area contributed by atoms with E-state index in [1.165, 1.54) is 17.5 Å². The zero-order chi connectivity index (χ0) is 29.5. The Morgan fingerprint density at radius 2 is 1.79 bits per heavy atom. The average Bonchev–Trinajstić information content (AvgIpc) is 3.65. The van der Waals surface area contributed by atoms with E-state index in [9.17, 15) is 15.5 Å². The van der Waals surface area contributed by atoms with Gasteiger partial charge in [0.25, 0.3) is 0 Å². The van der Waals surface area contributed by atoms with Crippen molar-refractivity contribution in [3.63, 3.8) is 0 Å². The summed E-state index contributed by atoms with van der Waals surface area (Å²) in [6.45, 7) is 6.06. The molecule has 5 aromatic rings. The quantitative estimate of drug-likeness (QED) is 0.246. The summed E-state index contributed by atoms with van der Waals surface area (Å²) < 4.78 is 13.6. The summed E-state index contributed by atoms with van der Waals surface area (Å²) >= 11 is 1.58. The Hall–Kier alpha value is -4.21. The van der Waals surface area contributed by atoms with Crippen LogP contribution in [-0.4, -0.2) is 54.0 Å². The van der Waals surface area contributed by atoms with Crippen molar-refractivity contribution in [1.82, 2.24) is 19.7 Å². The standard InChI is InChI=1S/C31H30N6O4S/c1-16-4-7-21(10-17(16)2)28-23(18(3)36-41-28)13-42-14-24-26(38)27(39)31(40-24)37-12-22(20-8-5-19(11-32)6-9-20)25-29(33)34-15-35-30(25)37/h4-10,12,15,24,26-27,31,38-39H,13-14H2,1-3H3,(H2,33,34,35)/t24-,26-,27-,31-/m1/s1. The van der Waals surface area contributed by atoms with Gasteiger partial charge in [-0.25, -0.2) is 9.97 Å². The second-order valence-corrected chi connectivity index (χ2v) is 11.6. The van der Waals surface area contributed by atoms with E-state index in [0.29, 0.717) is 28.1 Å². The highest BCUT2D eigenvalue weighted by Crippen LogP contribution is 2.39. The van der Waals surface area contributed by atoms with Crippen molar-refractivity contribution in [2.45, 2.75) is 51.1 Å². The third-order valence-electron chi connectivity index (χ3n) is 7.86. The zero-order valence-corrected chi connectivity index (χ0v) is 24.2. The van der Waals surface area contributed by atoms with Gasteiger partial charge in [0.15, 0.2) is 12.0 Å². The number of anilines is 1. The van der Waals surface area contributed by atoms with E-state index in [0.717, 1.165) is 33.7 Å². The number of hydrogen-bond donors (Lipinski definition) is 3. The van der Waals surface area contributed by atoms with E-state index in [2.05, 4.69) is 47.2 Å². The highest BCUT2D eigenvalue weighted by Gasteiger charge is 2.44. The molecule has 4 heterocycles. The molecule has 2 aromatic carbocycles. The number of aliphatic hydroxyl groups excluding tert-OH is 2. The molecule has 4 atom stereocenters. The van der Waals surface area contributed by atoms with Gasteiger partial charge in [-0.1, -0.05) is 29.4 Å². The third-order valence-corrected chi connectivity index (χ3v) is 8.91. The molecule has 0 unspecified atom stereocenters. The van der Waals surface area contributed by atoms with Crippen molar-refractivity contribution >= 4 is 28.6 Å². The summed E-state index contributed by atoms with van der Waals surface area (Å²) in [6, 6.07) is 15.4. The Bertz CT molecular complexity index is 1810. The van der Waals surface area contributed by atoms with E-state index in [-0.39, 0.29) is 5.82 Å². The van der Waals surface area contributed by atoms with Crippen molar-refractivity contribution in [1.29, 1.82) is 5.26 Å². The molecule has 42 heavy (non-hydrogen) atoms. The summed E-state index contributed by atoms with van der Waals surface area (Å²) in [5.41, 5.74) is 14.0. The zero-order valence-electron chi connectivity index (χ0n) is 23.4. The smallest absolute Gasteiger partial charge is 0.171 e. The normalized spacial score (nSPS) is 20.3. The lowest BCUT2D eigenvalue weighted by Crippen LogP contribution is -2.32. The van der Waals surface area contributed by atoms with Gasteiger partial charge in [0, 0.05) is 34.4 Å². The molecule has 6 rings (SSSR count). The predicted octanol–water partition coefficient (Wildman–Crippen LogP) is 4.69. The molecule has 1 aliphatic rings. The minimum atomic E-state index is -1.19. The van der Waals surface area contributed by atoms with Gasteiger partial charge in [-0.2, -0.15) is 17.0 Å². The average molecular weight is 583 g/mol. The van der Waals surface area contributed by atoms with Gasteiger partial charge in [-0.3, -0.25) is 0 Å². The number of nitrogens with zero attached hydrogens (tertiary/aromatic N) is 5. The lowest BCUT2D eigenvalue weighted by molar-refractivity contribution is -0.0285. The van der Waals surface area contributed by atoms with Crippen molar-refractivity contribution in [2.75, 3.05) is 11.5 Å². The molecule has 0 aliphatic carbocycles. The van der Waals surface area contributed by atoms with Crippen LogP contribution < -0.4 is 5.73 Å². The van der Waals surface area contributed by atoms with E-state index in [1.54, 1.807) is 34.7 Å². The number of benzene rings is 2. The molecule has 1 fully saturated rings. The van der Waals surface area contributed by atoms with Crippen molar-refractivity contribution in [3.05, 3.63) is 82.9 Å². The monoisotopic (exact) mass is 582 g/mol. The maximum absolute atomic E-state index is 11.1. The Morgan fingerprint density at radius 3 is 2.52 bits per heavy atom. The number of aliphatic hydroxyl groups is 2. The molecule has 1 aliphatic heterocycles. The lowest BCUT2D eigenvalue weighted by atomic mass is 10.0. The number of nitrogens with two attached hydrogens (primary N) is 1. The van der Waals surface area contributed by atoms with E-state index in [1.807, 2.05) is 25.1 Å². The van der Waals surface area contributed by atoms with Gasteiger partial charge in [-0.05, 0) is 55.7 Å². The molecule has 4 N–H and O–H groups in total. The summed E-state index contributed by atoms with van der Waals surface area (Å²) in [6.07, 6.45) is -0.673. The minimum Gasteiger partial charge on any atom is -0.387 e. The van der Waals surface area contributed by atoms with Crippen molar-refractivity contribution < 1.29 is 19.5 Å². The lowest BCUT2D eigenvalue weighted by Gasteiger charge is -2.17. The van der Waals surface area contributed by atoms with Crippen LogP contribution in [0, 0.1) is 32.1 Å². The Kier molecular flexibility index (Phi) is 7.47. The van der Waals surface area contributed by atoms with Crippen LogP contribution in [0.25, 0.3) is 33.5 Å².